The lowest BCUT2D eigenvalue weighted by atomic mass is 10.3. The van der Waals surface area contributed by atoms with Crippen molar-refractivity contribution in [1.82, 2.24) is 0 Å². The fourth-order valence-corrected chi connectivity index (χ4v) is 2.43. The average molecular weight is 259 g/mol. The van der Waals surface area contributed by atoms with E-state index in [-0.39, 0.29) is 0 Å². The lowest BCUT2D eigenvalue weighted by Crippen LogP contribution is -2.33. The molecule has 0 aliphatic rings. The molecular formula is C6H11BrO4S. The molecule has 6 heteroatoms. The van der Waals surface area contributed by atoms with Crippen molar-refractivity contribution in [2.45, 2.75) is 17.0 Å². The molecule has 0 aromatic heterocycles. The van der Waals surface area contributed by atoms with E-state index in [0.717, 1.165) is 6.26 Å². The maximum atomic E-state index is 11.0. The number of sulfone groups is 1. The number of hydrogen-bond donors (Lipinski definition) is 0. The Labute approximate surface area is 80.3 Å². The van der Waals surface area contributed by atoms with Crippen LogP contribution in [0.2, 0.25) is 0 Å². The van der Waals surface area contributed by atoms with Gasteiger partial charge in [0.1, 0.15) is 4.83 Å². The Morgan fingerprint density at radius 1 is 1.50 bits per heavy atom. The normalized spacial score (nSPS) is 16.7. The first-order chi connectivity index (χ1) is 5.30. The zero-order chi connectivity index (χ0) is 9.94. The van der Waals surface area contributed by atoms with Crippen LogP contribution in [0.1, 0.15) is 6.92 Å². The third-order valence-corrected chi connectivity index (χ3v) is 4.65. The number of rotatable bonds is 3. The van der Waals surface area contributed by atoms with Gasteiger partial charge in [0.25, 0.3) is 0 Å². The molecule has 0 fully saturated rings. The molecule has 0 spiro atoms. The maximum Gasteiger partial charge on any atom is 0.320 e. The Bertz CT molecular complexity index is 259. The highest BCUT2D eigenvalue weighted by molar-refractivity contribution is 9.10. The van der Waals surface area contributed by atoms with E-state index >= 15 is 0 Å². The molecule has 12 heavy (non-hydrogen) atoms. The van der Waals surface area contributed by atoms with Crippen LogP contribution >= 0.6 is 15.9 Å². The van der Waals surface area contributed by atoms with Gasteiger partial charge in [-0.3, -0.25) is 4.79 Å². The number of methoxy groups -OCH3 is 1. The summed E-state index contributed by atoms with van der Waals surface area (Å²) in [4.78, 5) is 10.1. The van der Waals surface area contributed by atoms with Gasteiger partial charge in [0.05, 0.1) is 12.4 Å². The Hall–Kier alpha value is -0.100. The summed E-state index contributed by atoms with van der Waals surface area (Å²) in [5, 5.41) is -0.773. The van der Waals surface area contributed by atoms with Crippen molar-refractivity contribution in [3.05, 3.63) is 0 Å². The van der Waals surface area contributed by atoms with Gasteiger partial charge in [0.15, 0.2) is 9.84 Å². The van der Waals surface area contributed by atoms with Crippen LogP contribution in [0.5, 0.6) is 0 Å². The second-order valence-corrected chi connectivity index (χ2v) is 5.85. The number of alkyl halides is 1. The molecule has 0 radical (unpaired) electrons. The molecule has 0 saturated carbocycles. The minimum absolute atomic E-state index is 0.576. The van der Waals surface area contributed by atoms with Gasteiger partial charge in [-0.15, -0.1) is 0 Å². The van der Waals surface area contributed by atoms with Gasteiger partial charge in [-0.2, -0.15) is 0 Å². The van der Waals surface area contributed by atoms with Crippen LogP contribution < -0.4 is 0 Å². The molecule has 0 amide bonds. The van der Waals surface area contributed by atoms with E-state index in [1.54, 1.807) is 0 Å². The van der Waals surface area contributed by atoms with Crippen LogP contribution in [0, 0.1) is 0 Å². The first-order valence-electron chi connectivity index (χ1n) is 3.21. The van der Waals surface area contributed by atoms with Crippen molar-refractivity contribution in [3.8, 4) is 0 Å². The van der Waals surface area contributed by atoms with Gasteiger partial charge in [-0.1, -0.05) is 15.9 Å². The molecule has 0 N–H and O–H groups in total. The molecule has 2 unspecified atom stereocenters. The lowest BCUT2D eigenvalue weighted by molar-refractivity contribution is -0.139. The maximum absolute atomic E-state index is 11.0. The van der Waals surface area contributed by atoms with Crippen molar-refractivity contribution < 1.29 is 17.9 Å². The minimum atomic E-state index is -3.20. The molecule has 4 nitrogen and oxygen atoms in total. The highest BCUT2D eigenvalue weighted by atomic mass is 79.9. The molecule has 0 aliphatic heterocycles. The number of esters is 1. The third-order valence-electron chi connectivity index (χ3n) is 1.51. The smallest absolute Gasteiger partial charge is 0.320 e. The summed E-state index contributed by atoms with van der Waals surface area (Å²) in [6, 6.07) is 0. The Balaban J connectivity index is 4.51. The zero-order valence-electron chi connectivity index (χ0n) is 7.07. The molecule has 0 rings (SSSR count). The Morgan fingerprint density at radius 2 is 1.92 bits per heavy atom. The summed E-state index contributed by atoms with van der Waals surface area (Å²) in [5.74, 6) is -0.576. The van der Waals surface area contributed by atoms with Crippen LogP contribution in [0.4, 0.5) is 0 Å². The van der Waals surface area contributed by atoms with Gasteiger partial charge in [-0.05, 0) is 6.92 Å². The van der Waals surface area contributed by atoms with E-state index in [1.807, 2.05) is 0 Å². The van der Waals surface area contributed by atoms with Gasteiger partial charge in [0, 0.05) is 6.26 Å². The van der Waals surface area contributed by atoms with Gasteiger partial charge in [0.2, 0.25) is 0 Å². The molecule has 0 aromatic rings. The van der Waals surface area contributed by atoms with E-state index in [9.17, 15) is 13.2 Å². The summed E-state index contributed by atoms with van der Waals surface area (Å²) in [6.07, 6.45) is 1.08. The third kappa shape index (κ3) is 3.10. The standard InChI is InChI=1S/C6H11BrO4S/c1-4(12(3,9)10)5(7)6(8)11-2/h4-5H,1-3H3. The summed E-state index contributed by atoms with van der Waals surface area (Å²) in [6.45, 7) is 1.45. The quantitative estimate of drug-likeness (QED) is 0.542. The molecule has 0 heterocycles. The van der Waals surface area contributed by atoms with Crippen LogP contribution in [-0.2, 0) is 19.4 Å². The molecular weight excluding hydrogens is 248 g/mol. The van der Waals surface area contributed by atoms with Gasteiger partial charge in [-0.25, -0.2) is 8.42 Å². The zero-order valence-corrected chi connectivity index (χ0v) is 9.48. The molecule has 2 atom stereocenters. The summed E-state index contributed by atoms with van der Waals surface area (Å²) >= 11 is 2.95. The number of ether oxygens (including phenoxy) is 1. The van der Waals surface area contributed by atoms with Crippen molar-refractivity contribution >= 4 is 31.7 Å². The highest BCUT2D eigenvalue weighted by Crippen LogP contribution is 2.14. The Kier molecular flexibility index (Phi) is 4.19. The SMILES string of the molecule is COC(=O)C(Br)C(C)S(C)(=O)=O. The largest absolute Gasteiger partial charge is 0.468 e. The number of halogens is 1. The second kappa shape index (κ2) is 4.23. The second-order valence-electron chi connectivity index (χ2n) is 2.46. The van der Waals surface area contributed by atoms with Crippen LogP contribution in [0.15, 0.2) is 0 Å². The number of carbonyl (C=O) groups excluding carboxylic acids is 1. The van der Waals surface area contributed by atoms with E-state index in [0.29, 0.717) is 0 Å². The highest BCUT2D eigenvalue weighted by Gasteiger charge is 2.29. The van der Waals surface area contributed by atoms with Crippen molar-refractivity contribution in [1.29, 1.82) is 0 Å². The fraction of sp³-hybridized carbons (Fsp3) is 0.833. The molecule has 0 aromatic carbocycles. The molecule has 72 valence electrons. The van der Waals surface area contributed by atoms with Gasteiger partial charge < -0.3 is 4.74 Å². The predicted molar refractivity (Wildman–Crippen MR) is 49.0 cm³/mol. The minimum Gasteiger partial charge on any atom is -0.468 e. The van der Waals surface area contributed by atoms with E-state index in [1.165, 1.54) is 14.0 Å². The average Bonchev–Trinajstić information content (AvgIpc) is 1.98. The monoisotopic (exact) mass is 258 g/mol. The molecule has 0 saturated heterocycles. The predicted octanol–water partition coefficient (Wildman–Crippen LogP) is 0.356. The van der Waals surface area contributed by atoms with E-state index in [4.69, 9.17) is 0 Å². The molecule has 0 aliphatic carbocycles. The first kappa shape index (κ1) is 11.9. The summed E-state index contributed by atoms with van der Waals surface area (Å²) in [7, 11) is -1.99. The fourth-order valence-electron chi connectivity index (χ4n) is 0.521. The summed E-state index contributed by atoms with van der Waals surface area (Å²) < 4.78 is 26.3. The van der Waals surface area contributed by atoms with E-state index in [2.05, 4.69) is 20.7 Å². The van der Waals surface area contributed by atoms with Crippen LogP contribution in [-0.4, -0.2) is 37.8 Å². The van der Waals surface area contributed by atoms with Crippen molar-refractivity contribution in [2.75, 3.05) is 13.4 Å². The lowest BCUT2D eigenvalue weighted by Gasteiger charge is -2.13. The van der Waals surface area contributed by atoms with Gasteiger partial charge >= 0.3 is 5.97 Å². The van der Waals surface area contributed by atoms with E-state index < -0.39 is 25.9 Å². The molecule has 0 bridgehead atoms. The number of hydrogen-bond acceptors (Lipinski definition) is 4. The first-order valence-corrected chi connectivity index (χ1v) is 6.08. The number of carbonyl (C=O) groups is 1. The Morgan fingerprint density at radius 3 is 2.17 bits per heavy atom. The summed E-state index contributed by atoms with van der Waals surface area (Å²) in [5.41, 5.74) is 0. The van der Waals surface area contributed by atoms with Crippen molar-refractivity contribution in [2.24, 2.45) is 0 Å². The van der Waals surface area contributed by atoms with Crippen LogP contribution in [0.25, 0.3) is 0 Å². The van der Waals surface area contributed by atoms with Crippen molar-refractivity contribution in [3.63, 3.8) is 0 Å². The van der Waals surface area contributed by atoms with Crippen LogP contribution in [0.3, 0.4) is 0 Å². The topological polar surface area (TPSA) is 60.4 Å².